The summed E-state index contributed by atoms with van der Waals surface area (Å²) in [7, 11) is 1.40. The fourth-order valence-electron chi connectivity index (χ4n) is 3.91. The maximum absolute atomic E-state index is 12.4. The van der Waals surface area contributed by atoms with Crippen LogP contribution in [0, 0.1) is 6.92 Å². The third-order valence-electron chi connectivity index (χ3n) is 5.73. The van der Waals surface area contributed by atoms with Gasteiger partial charge >= 0.3 is 5.97 Å². The van der Waals surface area contributed by atoms with Gasteiger partial charge in [0.25, 0.3) is 0 Å². The quantitative estimate of drug-likeness (QED) is 0.358. The van der Waals surface area contributed by atoms with E-state index in [1.54, 1.807) is 24.2 Å². The molecule has 164 valence electrons. The molecular formula is C25H30N2O3S. The van der Waals surface area contributed by atoms with Crippen molar-refractivity contribution in [3.63, 3.8) is 0 Å². The molecule has 0 aliphatic carbocycles. The van der Waals surface area contributed by atoms with Gasteiger partial charge in [-0.1, -0.05) is 51.1 Å². The summed E-state index contributed by atoms with van der Waals surface area (Å²) in [6.07, 6.45) is 2.79. The summed E-state index contributed by atoms with van der Waals surface area (Å²) < 4.78 is 7.02. The van der Waals surface area contributed by atoms with E-state index < -0.39 is 0 Å². The molecule has 1 N–H and O–H groups in total. The smallest absolute Gasteiger partial charge is 0.338 e. The van der Waals surface area contributed by atoms with Crippen LogP contribution >= 0.6 is 11.8 Å². The molecule has 1 unspecified atom stereocenters. The molecule has 0 aliphatic rings. The van der Waals surface area contributed by atoms with Crippen molar-refractivity contribution in [1.29, 1.82) is 0 Å². The number of aliphatic hydroxyl groups is 1. The van der Waals surface area contributed by atoms with E-state index in [1.165, 1.54) is 12.7 Å². The summed E-state index contributed by atoms with van der Waals surface area (Å²) in [6, 6.07) is 11.7. The topological polar surface area (TPSA) is 64.4 Å². The van der Waals surface area contributed by atoms with Crippen LogP contribution in [-0.2, 0) is 11.3 Å². The van der Waals surface area contributed by atoms with E-state index in [0.717, 1.165) is 45.3 Å². The first-order valence-electron chi connectivity index (χ1n) is 10.6. The van der Waals surface area contributed by atoms with Gasteiger partial charge in [-0.3, -0.25) is 4.57 Å². The van der Waals surface area contributed by atoms with Gasteiger partial charge in [-0.05, 0) is 53.3 Å². The Balaban J connectivity index is 2.31. The van der Waals surface area contributed by atoms with Crippen LogP contribution in [0.2, 0.25) is 0 Å². The molecule has 0 aliphatic heterocycles. The monoisotopic (exact) mass is 438 g/mol. The van der Waals surface area contributed by atoms with E-state index in [2.05, 4.69) is 44.8 Å². The van der Waals surface area contributed by atoms with Crippen LogP contribution in [0.3, 0.4) is 0 Å². The van der Waals surface area contributed by atoms with E-state index in [9.17, 15) is 9.90 Å². The van der Waals surface area contributed by atoms with E-state index in [0.29, 0.717) is 11.5 Å². The maximum atomic E-state index is 12.4. The Kier molecular flexibility index (Phi) is 7.57. The first-order valence-corrected chi connectivity index (χ1v) is 11.6. The van der Waals surface area contributed by atoms with Crippen LogP contribution in [0.4, 0.5) is 0 Å². The average molecular weight is 439 g/mol. The largest absolute Gasteiger partial charge is 0.465 e. The summed E-state index contributed by atoms with van der Waals surface area (Å²) in [5.41, 5.74) is 6.37. The molecule has 0 fully saturated rings. The number of rotatable bonds is 8. The fraction of sp³-hybridized carbons (Fsp3) is 0.360. The number of hydrogen-bond donors (Lipinski definition) is 1. The molecular weight excluding hydrogens is 408 g/mol. The first-order chi connectivity index (χ1) is 15.0. The molecule has 0 radical (unpaired) electrons. The lowest BCUT2D eigenvalue weighted by atomic mass is 9.88. The Morgan fingerprint density at radius 1 is 1.19 bits per heavy atom. The highest BCUT2D eigenvalue weighted by molar-refractivity contribution is 7.99. The molecule has 0 saturated heterocycles. The number of methoxy groups -OCH3 is 1. The van der Waals surface area contributed by atoms with Gasteiger partial charge in [0.15, 0.2) is 0 Å². The highest BCUT2D eigenvalue weighted by Crippen LogP contribution is 2.37. The van der Waals surface area contributed by atoms with Crippen LogP contribution in [0.15, 0.2) is 47.8 Å². The van der Waals surface area contributed by atoms with Crippen LogP contribution in [0.25, 0.3) is 16.8 Å². The van der Waals surface area contributed by atoms with Gasteiger partial charge in [-0.15, -0.1) is 11.8 Å². The van der Waals surface area contributed by atoms with Gasteiger partial charge in [-0.2, -0.15) is 0 Å². The molecule has 1 atom stereocenters. The zero-order valence-electron chi connectivity index (χ0n) is 18.8. The summed E-state index contributed by atoms with van der Waals surface area (Å²) in [5.74, 6) is 0.853. The zero-order chi connectivity index (χ0) is 22.5. The number of carbonyl (C=O) groups excluding carboxylic acids is 1. The van der Waals surface area contributed by atoms with Gasteiger partial charge in [-0.25, -0.2) is 9.78 Å². The van der Waals surface area contributed by atoms with Gasteiger partial charge in [0.05, 0.1) is 30.7 Å². The lowest BCUT2D eigenvalue weighted by molar-refractivity contribution is 0.0601. The molecule has 2 aromatic carbocycles. The minimum Gasteiger partial charge on any atom is -0.465 e. The minimum atomic E-state index is -0.358. The van der Waals surface area contributed by atoms with E-state index in [-0.39, 0.29) is 12.6 Å². The Labute approximate surface area is 188 Å². The molecule has 0 saturated carbocycles. The van der Waals surface area contributed by atoms with Crippen molar-refractivity contribution in [2.75, 3.05) is 12.9 Å². The third-order valence-corrected chi connectivity index (χ3v) is 6.63. The van der Waals surface area contributed by atoms with Crippen molar-refractivity contribution in [3.05, 3.63) is 65.1 Å². The number of thioether (sulfide) groups is 1. The molecule has 31 heavy (non-hydrogen) atoms. The number of aliphatic hydroxyl groups excluding tert-OH is 1. The van der Waals surface area contributed by atoms with Crippen LogP contribution in [0.5, 0.6) is 0 Å². The number of benzene rings is 2. The fourth-order valence-corrected chi connectivity index (χ4v) is 4.63. The van der Waals surface area contributed by atoms with Gasteiger partial charge < -0.3 is 9.84 Å². The van der Waals surface area contributed by atoms with E-state index >= 15 is 0 Å². The maximum Gasteiger partial charge on any atom is 0.338 e. The molecule has 0 amide bonds. The number of esters is 1. The van der Waals surface area contributed by atoms with Crippen LogP contribution in [0.1, 0.15) is 60.3 Å². The normalized spacial score (nSPS) is 12.1. The molecule has 3 rings (SSSR count). The molecule has 1 heterocycles. The number of carbonyl (C=O) groups is 1. The van der Waals surface area contributed by atoms with E-state index in [4.69, 9.17) is 4.74 Å². The molecule has 3 aromatic rings. The van der Waals surface area contributed by atoms with Crippen LogP contribution < -0.4 is 0 Å². The SMILES string of the molecule is CCSc1ncn(-c2c(C(C)CC)ccc(-c3ccccc3C(=O)OC)c2C)c1CO. The number of imidazole rings is 1. The molecule has 5 nitrogen and oxygen atoms in total. The summed E-state index contributed by atoms with van der Waals surface area (Å²) in [5, 5.41) is 11.0. The Morgan fingerprint density at radius 3 is 2.58 bits per heavy atom. The number of hydrogen-bond acceptors (Lipinski definition) is 5. The standard InChI is InChI=1S/C25H30N2O3S/c1-6-16(3)18-12-13-19(20-10-8-9-11-21(20)25(29)30-5)17(4)23(18)27-15-26-24(31-7-2)22(27)14-28/h8-13,15-16,28H,6-7,14H2,1-5H3. The second-order valence-corrected chi connectivity index (χ2v) is 8.73. The first kappa shape index (κ1) is 23.1. The average Bonchev–Trinajstić information content (AvgIpc) is 3.20. The zero-order valence-corrected chi connectivity index (χ0v) is 19.6. The molecule has 0 spiro atoms. The second-order valence-electron chi connectivity index (χ2n) is 7.48. The summed E-state index contributed by atoms with van der Waals surface area (Å²) >= 11 is 1.62. The van der Waals surface area contributed by atoms with Gasteiger partial charge in [0, 0.05) is 0 Å². The summed E-state index contributed by atoms with van der Waals surface area (Å²) in [6.45, 7) is 8.43. The minimum absolute atomic E-state index is 0.0926. The predicted molar refractivity (Wildman–Crippen MR) is 126 cm³/mol. The molecule has 0 bridgehead atoms. The van der Waals surface area contributed by atoms with Crippen molar-refractivity contribution in [1.82, 2.24) is 9.55 Å². The van der Waals surface area contributed by atoms with Gasteiger partial charge in [0.1, 0.15) is 11.4 Å². The van der Waals surface area contributed by atoms with Crippen molar-refractivity contribution < 1.29 is 14.6 Å². The third kappa shape index (κ3) is 4.41. The highest BCUT2D eigenvalue weighted by atomic mass is 32.2. The highest BCUT2D eigenvalue weighted by Gasteiger charge is 2.22. The van der Waals surface area contributed by atoms with Crippen molar-refractivity contribution >= 4 is 17.7 Å². The Morgan fingerprint density at radius 2 is 1.94 bits per heavy atom. The van der Waals surface area contributed by atoms with Crippen molar-refractivity contribution in [3.8, 4) is 16.8 Å². The summed E-state index contributed by atoms with van der Waals surface area (Å²) in [4.78, 5) is 17.0. The Hall–Kier alpha value is -2.57. The number of nitrogens with zero attached hydrogens (tertiary/aromatic N) is 2. The number of ether oxygens (including phenoxy) is 1. The lowest BCUT2D eigenvalue weighted by Gasteiger charge is -2.22. The van der Waals surface area contributed by atoms with Crippen LogP contribution in [-0.4, -0.2) is 33.5 Å². The predicted octanol–water partition coefficient (Wildman–Crippen LogP) is 5.75. The molecule has 6 heteroatoms. The van der Waals surface area contributed by atoms with E-state index in [1.807, 2.05) is 22.8 Å². The van der Waals surface area contributed by atoms with Crippen molar-refractivity contribution in [2.24, 2.45) is 0 Å². The second kappa shape index (κ2) is 10.2. The lowest BCUT2D eigenvalue weighted by Crippen LogP contribution is -2.10. The number of aromatic nitrogens is 2. The van der Waals surface area contributed by atoms with Crippen molar-refractivity contribution in [2.45, 2.75) is 51.7 Å². The Bertz CT molecular complexity index is 1070. The van der Waals surface area contributed by atoms with Gasteiger partial charge in [0.2, 0.25) is 0 Å². The molecule has 1 aromatic heterocycles.